The van der Waals surface area contributed by atoms with Crippen LogP contribution < -0.4 is 16.3 Å². The first kappa shape index (κ1) is 21.7. The standard InChI is InChI=1S/C22H18N4O4S2/c1-12-7-8-16(13(2)9-12)23-18(27)11-31-22-26-25-21(32-22)24-19(28)15-10-14-5-3-4-6-17(14)30-20(15)29/h3-10H,11H2,1-2H3,(H,23,27)(H,24,25,28). The van der Waals surface area contributed by atoms with Crippen LogP contribution in [0.25, 0.3) is 11.0 Å². The van der Waals surface area contributed by atoms with Crippen LogP contribution in [0.3, 0.4) is 0 Å². The van der Waals surface area contributed by atoms with E-state index in [9.17, 15) is 14.4 Å². The van der Waals surface area contributed by atoms with Gasteiger partial charge in [0.05, 0.1) is 5.75 Å². The average Bonchev–Trinajstić information content (AvgIpc) is 3.21. The van der Waals surface area contributed by atoms with E-state index in [0.29, 0.717) is 15.3 Å². The summed E-state index contributed by atoms with van der Waals surface area (Å²) in [5.41, 5.74) is 2.43. The smallest absolute Gasteiger partial charge is 0.349 e. The Kier molecular flexibility index (Phi) is 6.33. The molecule has 0 radical (unpaired) electrons. The molecular weight excluding hydrogens is 448 g/mol. The minimum Gasteiger partial charge on any atom is -0.422 e. The number of carbonyl (C=O) groups is 2. The second-order valence-corrected chi connectivity index (χ2v) is 9.17. The molecule has 0 fully saturated rings. The predicted octanol–water partition coefficient (Wildman–Crippen LogP) is 4.24. The zero-order valence-corrected chi connectivity index (χ0v) is 18.8. The van der Waals surface area contributed by atoms with Gasteiger partial charge in [0, 0.05) is 11.1 Å². The molecule has 0 saturated carbocycles. The number of rotatable bonds is 6. The van der Waals surface area contributed by atoms with E-state index in [1.165, 1.54) is 17.8 Å². The van der Waals surface area contributed by atoms with E-state index < -0.39 is 11.5 Å². The van der Waals surface area contributed by atoms with Gasteiger partial charge in [0.15, 0.2) is 4.34 Å². The maximum Gasteiger partial charge on any atom is 0.349 e. The van der Waals surface area contributed by atoms with Crippen LogP contribution in [0.5, 0.6) is 0 Å². The number of fused-ring (bicyclic) bond motifs is 1. The number of anilines is 2. The summed E-state index contributed by atoms with van der Waals surface area (Å²) in [6, 6.07) is 14.2. The highest BCUT2D eigenvalue weighted by atomic mass is 32.2. The number of hydrogen-bond acceptors (Lipinski definition) is 8. The largest absolute Gasteiger partial charge is 0.422 e. The van der Waals surface area contributed by atoms with Crippen molar-refractivity contribution in [3.8, 4) is 0 Å². The van der Waals surface area contributed by atoms with Gasteiger partial charge in [-0.25, -0.2) is 4.79 Å². The minimum absolute atomic E-state index is 0.124. The summed E-state index contributed by atoms with van der Waals surface area (Å²) >= 11 is 2.32. The Morgan fingerprint density at radius 1 is 1.06 bits per heavy atom. The average molecular weight is 467 g/mol. The Labute approximate surface area is 191 Å². The highest BCUT2D eigenvalue weighted by molar-refractivity contribution is 8.01. The van der Waals surface area contributed by atoms with Crippen molar-refractivity contribution in [2.45, 2.75) is 18.2 Å². The number of carbonyl (C=O) groups excluding carboxylic acids is 2. The van der Waals surface area contributed by atoms with Crippen LogP contribution in [-0.2, 0) is 4.79 Å². The van der Waals surface area contributed by atoms with Gasteiger partial charge in [-0.2, -0.15) is 0 Å². The molecule has 10 heteroatoms. The number of para-hydroxylation sites is 1. The van der Waals surface area contributed by atoms with E-state index in [1.807, 2.05) is 32.0 Å². The minimum atomic E-state index is -0.733. The van der Waals surface area contributed by atoms with E-state index >= 15 is 0 Å². The Hall–Kier alpha value is -3.50. The van der Waals surface area contributed by atoms with E-state index in [4.69, 9.17) is 4.42 Å². The van der Waals surface area contributed by atoms with Crippen LogP contribution in [-0.4, -0.2) is 27.8 Å². The lowest BCUT2D eigenvalue weighted by molar-refractivity contribution is -0.113. The molecule has 162 valence electrons. The zero-order valence-electron chi connectivity index (χ0n) is 17.2. The number of aryl methyl sites for hydroxylation is 2. The third-order valence-corrected chi connectivity index (χ3v) is 6.47. The van der Waals surface area contributed by atoms with Crippen LogP contribution in [0.15, 0.2) is 62.1 Å². The fourth-order valence-corrected chi connectivity index (χ4v) is 4.52. The van der Waals surface area contributed by atoms with Gasteiger partial charge in [-0.15, -0.1) is 10.2 Å². The number of amides is 2. The van der Waals surface area contributed by atoms with Crippen LogP contribution in [0.2, 0.25) is 0 Å². The van der Waals surface area contributed by atoms with Crippen molar-refractivity contribution in [3.63, 3.8) is 0 Å². The van der Waals surface area contributed by atoms with Crippen LogP contribution in [0.4, 0.5) is 10.8 Å². The monoisotopic (exact) mass is 466 g/mol. The van der Waals surface area contributed by atoms with Crippen molar-refractivity contribution in [1.29, 1.82) is 0 Å². The molecule has 2 amide bonds. The molecule has 0 saturated heterocycles. The van der Waals surface area contributed by atoms with Gasteiger partial charge >= 0.3 is 5.63 Å². The topological polar surface area (TPSA) is 114 Å². The molecule has 0 bridgehead atoms. The lowest BCUT2D eigenvalue weighted by atomic mass is 10.1. The van der Waals surface area contributed by atoms with E-state index in [1.54, 1.807) is 24.3 Å². The van der Waals surface area contributed by atoms with E-state index in [0.717, 1.165) is 28.2 Å². The first-order valence-corrected chi connectivity index (χ1v) is 11.4. The number of thioether (sulfide) groups is 1. The van der Waals surface area contributed by atoms with Crippen LogP contribution in [0, 0.1) is 13.8 Å². The number of nitrogens with zero attached hydrogens (tertiary/aromatic N) is 2. The van der Waals surface area contributed by atoms with Gasteiger partial charge in [0.25, 0.3) is 5.91 Å². The van der Waals surface area contributed by atoms with Crippen LogP contribution in [0.1, 0.15) is 21.5 Å². The van der Waals surface area contributed by atoms with Crippen molar-refractivity contribution in [2.75, 3.05) is 16.4 Å². The molecule has 0 aliphatic rings. The molecule has 0 atom stereocenters. The third kappa shape index (κ3) is 5.04. The molecule has 0 spiro atoms. The molecule has 4 rings (SSSR count). The lowest BCUT2D eigenvalue weighted by Crippen LogP contribution is -2.20. The fraction of sp³-hybridized carbons (Fsp3) is 0.136. The summed E-state index contributed by atoms with van der Waals surface area (Å²) in [6.07, 6.45) is 0. The Balaban J connectivity index is 1.36. The molecule has 2 aromatic carbocycles. The number of hydrogen-bond donors (Lipinski definition) is 2. The van der Waals surface area contributed by atoms with Gasteiger partial charge in [0.1, 0.15) is 11.1 Å². The molecule has 0 aliphatic heterocycles. The second-order valence-electron chi connectivity index (χ2n) is 6.97. The molecule has 8 nitrogen and oxygen atoms in total. The van der Waals surface area contributed by atoms with Gasteiger partial charge < -0.3 is 9.73 Å². The van der Waals surface area contributed by atoms with Gasteiger partial charge in [0.2, 0.25) is 11.0 Å². The quantitative estimate of drug-likeness (QED) is 0.248. The maximum absolute atomic E-state index is 12.5. The number of aromatic nitrogens is 2. The molecule has 32 heavy (non-hydrogen) atoms. The van der Waals surface area contributed by atoms with Crippen molar-refractivity contribution in [1.82, 2.24) is 10.2 Å². The van der Waals surface area contributed by atoms with Gasteiger partial charge in [-0.1, -0.05) is 59.0 Å². The van der Waals surface area contributed by atoms with E-state index in [-0.39, 0.29) is 22.4 Å². The summed E-state index contributed by atoms with van der Waals surface area (Å²) in [4.78, 5) is 36.9. The molecule has 2 N–H and O–H groups in total. The second kappa shape index (κ2) is 9.33. The normalized spacial score (nSPS) is 10.8. The summed E-state index contributed by atoms with van der Waals surface area (Å²) in [5, 5.41) is 14.2. The van der Waals surface area contributed by atoms with Crippen molar-refractivity contribution >= 4 is 56.7 Å². The third-order valence-electron chi connectivity index (χ3n) is 4.50. The summed E-state index contributed by atoms with van der Waals surface area (Å²) in [6.45, 7) is 3.93. The Morgan fingerprint density at radius 3 is 2.69 bits per heavy atom. The Morgan fingerprint density at radius 2 is 1.88 bits per heavy atom. The number of benzene rings is 2. The lowest BCUT2D eigenvalue weighted by Gasteiger charge is -2.08. The van der Waals surface area contributed by atoms with Gasteiger partial charge in [-0.3, -0.25) is 14.9 Å². The SMILES string of the molecule is Cc1ccc(NC(=O)CSc2nnc(NC(=O)c3cc4ccccc4oc3=O)s2)c(C)c1. The first-order chi connectivity index (χ1) is 15.4. The van der Waals surface area contributed by atoms with Gasteiger partial charge in [-0.05, 0) is 37.6 Å². The van der Waals surface area contributed by atoms with Crippen LogP contribution >= 0.6 is 23.1 Å². The fourth-order valence-electron chi connectivity index (χ4n) is 2.97. The van der Waals surface area contributed by atoms with Crippen molar-refractivity contribution in [2.24, 2.45) is 0 Å². The summed E-state index contributed by atoms with van der Waals surface area (Å²) < 4.78 is 5.70. The van der Waals surface area contributed by atoms with E-state index in [2.05, 4.69) is 20.8 Å². The molecule has 4 aromatic rings. The highest BCUT2D eigenvalue weighted by Crippen LogP contribution is 2.26. The molecule has 0 aliphatic carbocycles. The first-order valence-electron chi connectivity index (χ1n) is 9.57. The summed E-state index contributed by atoms with van der Waals surface area (Å²) in [5.74, 6) is -0.661. The predicted molar refractivity (Wildman–Crippen MR) is 126 cm³/mol. The maximum atomic E-state index is 12.5. The number of nitrogens with one attached hydrogen (secondary N) is 2. The highest BCUT2D eigenvalue weighted by Gasteiger charge is 2.16. The molecule has 2 heterocycles. The Bertz CT molecular complexity index is 1380. The molecule has 0 unspecified atom stereocenters. The molecular formula is C22H18N4O4S2. The summed E-state index contributed by atoms with van der Waals surface area (Å²) in [7, 11) is 0. The van der Waals surface area contributed by atoms with Crippen molar-refractivity contribution < 1.29 is 14.0 Å². The zero-order chi connectivity index (χ0) is 22.7. The van der Waals surface area contributed by atoms with Crippen molar-refractivity contribution in [3.05, 3.63) is 75.6 Å². The molecule has 2 aromatic heterocycles.